The maximum Gasteiger partial charge on any atom is 0.261 e. The van der Waals surface area contributed by atoms with Crippen molar-refractivity contribution in [2.45, 2.75) is 45.2 Å². The van der Waals surface area contributed by atoms with Gasteiger partial charge < -0.3 is 10.1 Å². The smallest absolute Gasteiger partial charge is 0.261 e. The summed E-state index contributed by atoms with van der Waals surface area (Å²) in [6.45, 7) is 2.53. The first-order valence-corrected chi connectivity index (χ1v) is 10.1. The van der Waals surface area contributed by atoms with Gasteiger partial charge in [-0.15, -0.1) is 0 Å². The molecule has 1 amide bonds. The summed E-state index contributed by atoms with van der Waals surface area (Å²) in [7, 11) is 0. The Kier molecular flexibility index (Phi) is 5.60. The van der Waals surface area contributed by atoms with Crippen LogP contribution in [0.25, 0.3) is 10.9 Å². The number of carbonyl (C=O) groups excluding carboxylic acids is 1. The molecule has 6 heteroatoms. The minimum Gasteiger partial charge on any atom is -0.484 e. The number of aromatic nitrogens is 2. The van der Waals surface area contributed by atoms with Crippen LogP contribution < -0.4 is 15.6 Å². The van der Waals surface area contributed by atoms with Crippen LogP contribution in [0.5, 0.6) is 5.75 Å². The van der Waals surface area contributed by atoms with Gasteiger partial charge in [0.25, 0.3) is 11.5 Å². The van der Waals surface area contributed by atoms with Gasteiger partial charge in [-0.05, 0) is 43.5 Å². The topological polar surface area (TPSA) is 73.2 Å². The second-order valence-electron chi connectivity index (χ2n) is 7.46. The van der Waals surface area contributed by atoms with E-state index in [1.165, 1.54) is 0 Å². The van der Waals surface area contributed by atoms with E-state index < -0.39 is 0 Å². The normalized spacial score (nSPS) is 14.7. The number of ether oxygens (including phenoxy) is 1. The van der Waals surface area contributed by atoms with Gasteiger partial charge in [0.05, 0.1) is 16.9 Å². The number of carbonyl (C=O) groups is 1. The van der Waals surface area contributed by atoms with Crippen LogP contribution in [0.15, 0.2) is 53.3 Å². The summed E-state index contributed by atoms with van der Waals surface area (Å²) >= 11 is 0. The van der Waals surface area contributed by atoms with Crippen LogP contribution in [0, 0.1) is 0 Å². The zero-order valence-corrected chi connectivity index (χ0v) is 16.6. The molecule has 6 nitrogen and oxygen atoms in total. The van der Waals surface area contributed by atoms with Crippen LogP contribution >= 0.6 is 0 Å². The summed E-state index contributed by atoms with van der Waals surface area (Å²) in [5, 5.41) is 3.45. The Morgan fingerprint density at radius 3 is 2.83 bits per heavy atom. The molecule has 1 atom stereocenters. The van der Waals surface area contributed by atoms with Crippen molar-refractivity contribution in [2.24, 2.45) is 0 Å². The van der Waals surface area contributed by atoms with E-state index in [1.807, 2.05) is 37.3 Å². The molecule has 3 aromatic rings. The molecule has 4 rings (SSSR count). The van der Waals surface area contributed by atoms with Crippen LogP contribution in [-0.4, -0.2) is 22.1 Å². The van der Waals surface area contributed by atoms with Crippen molar-refractivity contribution in [1.29, 1.82) is 0 Å². The van der Waals surface area contributed by atoms with Gasteiger partial charge in [0.2, 0.25) is 0 Å². The molecular formula is C23H25N3O3. The maximum absolute atomic E-state index is 12.9. The summed E-state index contributed by atoms with van der Waals surface area (Å²) in [6.07, 6.45) is 4.01. The number of fused-ring (bicyclic) bond motifs is 2. The molecule has 1 aliphatic rings. The molecule has 1 aliphatic heterocycles. The molecule has 29 heavy (non-hydrogen) atoms. The molecule has 1 aromatic heterocycles. The van der Waals surface area contributed by atoms with Gasteiger partial charge in [-0.2, -0.15) is 0 Å². The second-order valence-corrected chi connectivity index (χ2v) is 7.46. The average Bonchev–Trinajstić information content (AvgIpc) is 2.99. The van der Waals surface area contributed by atoms with E-state index in [1.54, 1.807) is 22.8 Å². The molecule has 150 valence electrons. The standard InChI is InChI=1S/C23H25N3O3/c1-16(17-8-4-2-5-9-17)24-22(27)15-29-18-11-12-20-19(14-18)23(28)26-13-7-3-6-10-21(26)25-20/h2,4-5,8-9,11-12,14,16H,3,6-7,10,13,15H2,1H3,(H,24,27)/t16-/m1/s1. The van der Waals surface area contributed by atoms with Crippen LogP contribution in [-0.2, 0) is 17.8 Å². The van der Waals surface area contributed by atoms with Crippen LogP contribution in [0.1, 0.15) is 43.6 Å². The van der Waals surface area contributed by atoms with Gasteiger partial charge in [-0.25, -0.2) is 4.98 Å². The van der Waals surface area contributed by atoms with Crippen molar-refractivity contribution in [3.63, 3.8) is 0 Å². The highest BCUT2D eigenvalue weighted by Crippen LogP contribution is 2.20. The molecule has 0 bridgehead atoms. The van der Waals surface area contributed by atoms with Gasteiger partial charge >= 0.3 is 0 Å². The number of aryl methyl sites for hydroxylation is 1. The lowest BCUT2D eigenvalue weighted by molar-refractivity contribution is -0.123. The van der Waals surface area contributed by atoms with E-state index in [-0.39, 0.29) is 24.1 Å². The Morgan fingerprint density at radius 2 is 2.00 bits per heavy atom. The molecule has 0 spiro atoms. The average molecular weight is 391 g/mol. The molecule has 0 aliphatic carbocycles. The van der Waals surface area contributed by atoms with Crippen molar-refractivity contribution in [1.82, 2.24) is 14.9 Å². The molecule has 0 saturated carbocycles. The predicted octanol–water partition coefficient (Wildman–Crippen LogP) is 3.38. The Hall–Kier alpha value is -3.15. The molecule has 0 fully saturated rings. The number of hydrogen-bond acceptors (Lipinski definition) is 4. The molecule has 2 heterocycles. The van der Waals surface area contributed by atoms with E-state index in [0.717, 1.165) is 37.1 Å². The highest BCUT2D eigenvalue weighted by Gasteiger charge is 2.15. The summed E-state index contributed by atoms with van der Waals surface area (Å²) < 4.78 is 7.43. The fourth-order valence-corrected chi connectivity index (χ4v) is 3.74. The van der Waals surface area contributed by atoms with Crippen LogP contribution in [0.4, 0.5) is 0 Å². The number of amides is 1. The SMILES string of the molecule is C[C@@H](NC(=O)COc1ccc2nc3n(c(=O)c2c1)CCCCC3)c1ccccc1. The third-order valence-corrected chi connectivity index (χ3v) is 5.33. The van der Waals surface area contributed by atoms with Crippen molar-refractivity contribution in [2.75, 3.05) is 6.61 Å². The van der Waals surface area contributed by atoms with Gasteiger partial charge in [-0.1, -0.05) is 36.8 Å². The molecule has 2 aromatic carbocycles. The summed E-state index contributed by atoms with van der Waals surface area (Å²) in [4.78, 5) is 29.8. The molecule has 0 radical (unpaired) electrons. The van der Waals surface area contributed by atoms with Crippen molar-refractivity contribution in [3.05, 3.63) is 70.3 Å². The van der Waals surface area contributed by atoms with Gasteiger partial charge in [0.15, 0.2) is 6.61 Å². The van der Waals surface area contributed by atoms with Crippen molar-refractivity contribution >= 4 is 16.8 Å². The number of rotatable bonds is 5. The fourth-order valence-electron chi connectivity index (χ4n) is 3.74. The van der Waals surface area contributed by atoms with E-state index in [4.69, 9.17) is 4.74 Å². The second kappa shape index (κ2) is 8.47. The lowest BCUT2D eigenvalue weighted by atomic mass is 10.1. The zero-order valence-electron chi connectivity index (χ0n) is 16.6. The summed E-state index contributed by atoms with van der Waals surface area (Å²) in [5.41, 5.74) is 1.68. The molecular weight excluding hydrogens is 366 g/mol. The van der Waals surface area contributed by atoms with Crippen LogP contribution in [0.2, 0.25) is 0 Å². The summed E-state index contributed by atoms with van der Waals surface area (Å²) in [6, 6.07) is 14.9. The zero-order chi connectivity index (χ0) is 20.2. The van der Waals surface area contributed by atoms with Crippen LogP contribution in [0.3, 0.4) is 0 Å². The van der Waals surface area contributed by atoms with Gasteiger partial charge in [-0.3, -0.25) is 14.2 Å². The third-order valence-electron chi connectivity index (χ3n) is 5.33. The Labute approximate surface area is 169 Å². The first-order chi connectivity index (χ1) is 14.1. The van der Waals surface area contributed by atoms with Gasteiger partial charge in [0.1, 0.15) is 11.6 Å². The molecule has 0 unspecified atom stereocenters. The molecule has 0 saturated heterocycles. The Balaban J connectivity index is 1.46. The largest absolute Gasteiger partial charge is 0.484 e. The monoisotopic (exact) mass is 391 g/mol. The van der Waals surface area contributed by atoms with E-state index in [0.29, 0.717) is 23.2 Å². The van der Waals surface area contributed by atoms with E-state index >= 15 is 0 Å². The van der Waals surface area contributed by atoms with E-state index in [2.05, 4.69) is 10.3 Å². The van der Waals surface area contributed by atoms with Crippen molar-refractivity contribution < 1.29 is 9.53 Å². The van der Waals surface area contributed by atoms with Gasteiger partial charge in [0, 0.05) is 13.0 Å². The lowest BCUT2D eigenvalue weighted by Crippen LogP contribution is -2.31. The fraction of sp³-hybridized carbons (Fsp3) is 0.348. The summed E-state index contributed by atoms with van der Waals surface area (Å²) in [5.74, 6) is 1.15. The van der Waals surface area contributed by atoms with E-state index in [9.17, 15) is 9.59 Å². The number of benzene rings is 2. The molecule has 1 N–H and O–H groups in total. The lowest BCUT2D eigenvalue weighted by Gasteiger charge is -2.15. The maximum atomic E-state index is 12.9. The highest BCUT2D eigenvalue weighted by atomic mass is 16.5. The minimum atomic E-state index is -0.210. The number of nitrogens with zero attached hydrogens (tertiary/aromatic N) is 2. The predicted molar refractivity (Wildman–Crippen MR) is 112 cm³/mol. The first kappa shape index (κ1) is 19.2. The highest BCUT2D eigenvalue weighted by molar-refractivity contribution is 5.80. The minimum absolute atomic E-state index is 0.0282. The number of nitrogens with one attached hydrogen (secondary N) is 1. The quantitative estimate of drug-likeness (QED) is 0.724. The number of hydrogen-bond donors (Lipinski definition) is 1. The van der Waals surface area contributed by atoms with Crippen molar-refractivity contribution in [3.8, 4) is 5.75 Å². The first-order valence-electron chi connectivity index (χ1n) is 10.1. The Bertz CT molecular complexity index is 1080. The Morgan fingerprint density at radius 1 is 1.17 bits per heavy atom. The third kappa shape index (κ3) is 4.31.